The second-order valence-electron chi connectivity index (χ2n) is 5.66. The number of aryl methyl sites for hydroxylation is 2. The van der Waals surface area contributed by atoms with Crippen LogP contribution in [-0.2, 0) is 4.79 Å². The van der Waals surface area contributed by atoms with Crippen molar-refractivity contribution >= 4 is 57.1 Å². The molecule has 0 spiro atoms. The Morgan fingerprint density at radius 2 is 2.04 bits per heavy atom. The Labute approximate surface area is 165 Å². The summed E-state index contributed by atoms with van der Waals surface area (Å²) in [6.07, 6.45) is 0. The average molecular weight is 405 g/mol. The van der Waals surface area contributed by atoms with Crippen molar-refractivity contribution in [3.8, 4) is 0 Å². The molecule has 0 bridgehead atoms. The summed E-state index contributed by atoms with van der Waals surface area (Å²) >= 11 is 8.72. The first-order valence-corrected chi connectivity index (χ1v) is 10.0. The minimum Gasteiger partial charge on any atom is -0.330 e. The van der Waals surface area contributed by atoms with Crippen LogP contribution in [0.1, 0.15) is 11.1 Å². The Bertz CT molecular complexity index is 929. The lowest BCUT2D eigenvalue weighted by Gasteiger charge is -2.08. The van der Waals surface area contributed by atoms with Gasteiger partial charge in [-0.05, 0) is 43.7 Å². The highest BCUT2D eigenvalue weighted by Crippen LogP contribution is 2.28. The van der Waals surface area contributed by atoms with E-state index in [2.05, 4.69) is 20.8 Å². The van der Waals surface area contributed by atoms with Crippen molar-refractivity contribution in [1.29, 1.82) is 0 Å². The monoisotopic (exact) mass is 404 g/mol. The molecule has 0 fully saturated rings. The summed E-state index contributed by atoms with van der Waals surface area (Å²) in [4.78, 5) is 12.2. The zero-order valence-electron chi connectivity index (χ0n) is 14.2. The molecule has 0 aliphatic heterocycles. The maximum atomic E-state index is 12.2. The van der Waals surface area contributed by atoms with Gasteiger partial charge in [-0.2, -0.15) is 0 Å². The van der Waals surface area contributed by atoms with Gasteiger partial charge in [0.05, 0.1) is 5.75 Å². The van der Waals surface area contributed by atoms with Gasteiger partial charge in [-0.1, -0.05) is 58.5 Å². The zero-order valence-corrected chi connectivity index (χ0v) is 16.6. The van der Waals surface area contributed by atoms with Crippen molar-refractivity contribution in [2.75, 3.05) is 16.4 Å². The van der Waals surface area contributed by atoms with Gasteiger partial charge < -0.3 is 10.6 Å². The zero-order chi connectivity index (χ0) is 18.5. The van der Waals surface area contributed by atoms with E-state index in [9.17, 15) is 4.79 Å². The summed E-state index contributed by atoms with van der Waals surface area (Å²) < 4.78 is 0.727. The number of anilines is 3. The molecule has 0 atom stereocenters. The van der Waals surface area contributed by atoms with Crippen LogP contribution in [-0.4, -0.2) is 21.9 Å². The van der Waals surface area contributed by atoms with Gasteiger partial charge in [0.15, 0.2) is 4.34 Å². The van der Waals surface area contributed by atoms with Crippen molar-refractivity contribution in [2.45, 2.75) is 18.2 Å². The predicted molar refractivity (Wildman–Crippen MR) is 110 cm³/mol. The molecule has 2 aromatic carbocycles. The number of carbonyl (C=O) groups excluding carboxylic acids is 1. The number of amides is 1. The molecule has 2 N–H and O–H groups in total. The largest absolute Gasteiger partial charge is 0.330 e. The summed E-state index contributed by atoms with van der Waals surface area (Å²) in [6.45, 7) is 4.01. The highest BCUT2D eigenvalue weighted by atomic mass is 35.5. The second-order valence-corrected chi connectivity index (χ2v) is 8.30. The van der Waals surface area contributed by atoms with E-state index in [-0.39, 0.29) is 11.7 Å². The number of hydrogen-bond acceptors (Lipinski definition) is 6. The minimum atomic E-state index is -0.0681. The second kappa shape index (κ2) is 8.53. The normalized spacial score (nSPS) is 10.6. The van der Waals surface area contributed by atoms with Gasteiger partial charge in [0.2, 0.25) is 11.0 Å². The molecule has 0 unspecified atom stereocenters. The summed E-state index contributed by atoms with van der Waals surface area (Å²) in [5.74, 6) is 0.209. The lowest BCUT2D eigenvalue weighted by molar-refractivity contribution is -0.113. The molecule has 26 heavy (non-hydrogen) atoms. The number of rotatable bonds is 6. The number of thioether (sulfide) groups is 1. The van der Waals surface area contributed by atoms with Crippen molar-refractivity contribution < 1.29 is 4.79 Å². The van der Waals surface area contributed by atoms with Gasteiger partial charge in [-0.15, -0.1) is 10.2 Å². The van der Waals surface area contributed by atoms with Crippen LogP contribution in [0.3, 0.4) is 0 Å². The number of hydrogen-bond donors (Lipinski definition) is 2. The van der Waals surface area contributed by atoms with Crippen molar-refractivity contribution in [3.05, 3.63) is 58.6 Å². The Morgan fingerprint density at radius 3 is 2.81 bits per heavy atom. The van der Waals surface area contributed by atoms with E-state index >= 15 is 0 Å². The number of nitrogens with zero attached hydrogens (tertiary/aromatic N) is 2. The lowest BCUT2D eigenvalue weighted by Crippen LogP contribution is -2.14. The van der Waals surface area contributed by atoms with E-state index < -0.39 is 0 Å². The number of nitrogens with one attached hydrogen (secondary N) is 2. The van der Waals surface area contributed by atoms with Crippen LogP contribution >= 0.6 is 34.7 Å². The van der Waals surface area contributed by atoms with Crippen LogP contribution in [0.4, 0.5) is 16.5 Å². The smallest absolute Gasteiger partial charge is 0.234 e. The van der Waals surface area contributed by atoms with E-state index in [0.717, 1.165) is 21.3 Å². The van der Waals surface area contributed by atoms with E-state index in [1.165, 1.54) is 28.7 Å². The van der Waals surface area contributed by atoms with Crippen LogP contribution in [0.15, 0.2) is 46.8 Å². The molecule has 8 heteroatoms. The molecular formula is C18H17ClN4OS2. The highest BCUT2D eigenvalue weighted by Gasteiger charge is 2.10. The fourth-order valence-electron chi connectivity index (χ4n) is 2.28. The molecule has 0 aliphatic carbocycles. The van der Waals surface area contributed by atoms with Crippen LogP contribution in [0.5, 0.6) is 0 Å². The summed E-state index contributed by atoms with van der Waals surface area (Å²) in [5, 5.41) is 15.6. The maximum Gasteiger partial charge on any atom is 0.234 e. The highest BCUT2D eigenvalue weighted by molar-refractivity contribution is 8.01. The van der Waals surface area contributed by atoms with Gasteiger partial charge in [0, 0.05) is 16.4 Å². The predicted octanol–water partition coefficient (Wildman–Crippen LogP) is 5.28. The van der Waals surface area contributed by atoms with Gasteiger partial charge >= 0.3 is 0 Å². The van der Waals surface area contributed by atoms with Crippen molar-refractivity contribution in [3.63, 3.8) is 0 Å². The number of halogens is 1. The minimum absolute atomic E-state index is 0.0681. The molecule has 5 nitrogen and oxygen atoms in total. The molecule has 1 amide bonds. The lowest BCUT2D eigenvalue weighted by atomic mass is 10.1. The third-order valence-electron chi connectivity index (χ3n) is 3.47. The molecular weight excluding hydrogens is 388 g/mol. The van der Waals surface area contributed by atoms with Crippen LogP contribution < -0.4 is 10.6 Å². The SMILES string of the molecule is Cc1ccc(NC(=O)CSc2nnc(Nc3cccc(Cl)c3)s2)c(C)c1. The topological polar surface area (TPSA) is 66.9 Å². The number of carbonyl (C=O) groups is 1. The van der Waals surface area contributed by atoms with Gasteiger partial charge in [-0.3, -0.25) is 4.79 Å². The molecule has 0 saturated carbocycles. The fourth-order valence-corrected chi connectivity index (χ4v) is 4.04. The van der Waals surface area contributed by atoms with Crippen molar-refractivity contribution in [2.24, 2.45) is 0 Å². The van der Waals surface area contributed by atoms with E-state index in [1.807, 2.05) is 56.3 Å². The molecule has 1 heterocycles. The van der Waals surface area contributed by atoms with Crippen molar-refractivity contribution in [1.82, 2.24) is 10.2 Å². The Balaban J connectivity index is 1.53. The molecule has 0 saturated heterocycles. The summed E-state index contributed by atoms with van der Waals surface area (Å²) in [5.41, 5.74) is 3.90. The quantitative estimate of drug-likeness (QED) is 0.547. The molecule has 3 aromatic rings. The first kappa shape index (κ1) is 18.7. The van der Waals surface area contributed by atoms with Crippen LogP contribution in [0, 0.1) is 13.8 Å². The molecule has 3 rings (SSSR count). The molecule has 134 valence electrons. The Morgan fingerprint density at radius 1 is 1.19 bits per heavy atom. The van der Waals surface area contributed by atoms with Crippen LogP contribution in [0.2, 0.25) is 5.02 Å². The first-order valence-electron chi connectivity index (χ1n) is 7.85. The third kappa shape index (κ3) is 5.20. The summed E-state index contributed by atoms with van der Waals surface area (Å²) in [7, 11) is 0. The van der Waals surface area contributed by atoms with Gasteiger partial charge in [-0.25, -0.2) is 0 Å². The van der Waals surface area contributed by atoms with E-state index in [0.29, 0.717) is 10.2 Å². The molecule has 0 radical (unpaired) electrons. The number of benzene rings is 2. The van der Waals surface area contributed by atoms with Crippen LogP contribution in [0.25, 0.3) is 0 Å². The number of aromatic nitrogens is 2. The Hall–Kier alpha value is -2.09. The Kier molecular flexibility index (Phi) is 6.13. The first-order chi connectivity index (χ1) is 12.5. The molecule has 1 aromatic heterocycles. The molecule has 0 aliphatic rings. The average Bonchev–Trinajstić information content (AvgIpc) is 3.03. The standard InChI is InChI=1S/C18H17ClN4OS2/c1-11-6-7-15(12(2)8-11)21-16(24)10-25-18-23-22-17(26-18)20-14-5-3-4-13(19)9-14/h3-9H,10H2,1-2H3,(H,20,22)(H,21,24). The third-order valence-corrected chi connectivity index (χ3v) is 5.67. The van der Waals surface area contributed by atoms with E-state index in [1.54, 1.807) is 0 Å². The summed E-state index contributed by atoms with van der Waals surface area (Å²) in [6, 6.07) is 13.3. The van der Waals surface area contributed by atoms with Gasteiger partial charge in [0.25, 0.3) is 0 Å². The van der Waals surface area contributed by atoms with E-state index in [4.69, 9.17) is 11.6 Å². The fraction of sp³-hybridized carbons (Fsp3) is 0.167. The van der Waals surface area contributed by atoms with Gasteiger partial charge in [0.1, 0.15) is 0 Å². The maximum absolute atomic E-state index is 12.2.